The molecule has 2 aromatic heterocycles. The Labute approximate surface area is 132 Å². The van der Waals surface area contributed by atoms with Crippen molar-refractivity contribution in [2.24, 2.45) is 10.7 Å². The van der Waals surface area contributed by atoms with E-state index in [1.807, 2.05) is 6.92 Å². The van der Waals surface area contributed by atoms with Gasteiger partial charge in [-0.3, -0.25) is 14.7 Å². The van der Waals surface area contributed by atoms with Crippen LogP contribution in [0.3, 0.4) is 0 Å². The SMILES string of the molecule is C[C@@H]1N=C(N)N(C)C(=O)C1c1ccnc(-c2cccnc2F)c1. The van der Waals surface area contributed by atoms with Gasteiger partial charge in [-0.1, -0.05) is 0 Å². The van der Waals surface area contributed by atoms with Crippen molar-refractivity contribution in [2.45, 2.75) is 18.9 Å². The lowest BCUT2D eigenvalue weighted by Crippen LogP contribution is -2.48. The number of hydrogen-bond donors (Lipinski definition) is 1. The summed E-state index contributed by atoms with van der Waals surface area (Å²) < 4.78 is 13.9. The molecule has 0 aromatic carbocycles. The van der Waals surface area contributed by atoms with Gasteiger partial charge in [0.05, 0.1) is 23.2 Å². The van der Waals surface area contributed by atoms with Gasteiger partial charge >= 0.3 is 0 Å². The molecule has 0 saturated heterocycles. The van der Waals surface area contributed by atoms with Crippen LogP contribution in [0, 0.1) is 5.95 Å². The van der Waals surface area contributed by atoms with Gasteiger partial charge in [0.1, 0.15) is 0 Å². The number of pyridine rings is 2. The molecule has 0 radical (unpaired) electrons. The molecular weight excluding hydrogens is 297 g/mol. The molecule has 1 aliphatic rings. The maximum Gasteiger partial charge on any atom is 0.238 e. The van der Waals surface area contributed by atoms with Gasteiger partial charge in [-0.05, 0) is 36.8 Å². The van der Waals surface area contributed by atoms with E-state index in [0.29, 0.717) is 11.3 Å². The molecule has 3 rings (SSSR count). The quantitative estimate of drug-likeness (QED) is 0.852. The van der Waals surface area contributed by atoms with Crippen molar-refractivity contribution in [3.63, 3.8) is 0 Å². The molecule has 0 bridgehead atoms. The largest absolute Gasteiger partial charge is 0.369 e. The van der Waals surface area contributed by atoms with Gasteiger partial charge in [0.25, 0.3) is 0 Å². The summed E-state index contributed by atoms with van der Waals surface area (Å²) in [5, 5.41) is 0. The number of carbonyl (C=O) groups excluding carboxylic acids is 1. The van der Waals surface area contributed by atoms with Crippen molar-refractivity contribution < 1.29 is 9.18 Å². The molecule has 0 aliphatic carbocycles. The Bertz CT molecular complexity index is 792. The van der Waals surface area contributed by atoms with Crippen LogP contribution < -0.4 is 5.73 Å². The minimum Gasteiger partial charge on any atom is -0.369 e. The first-order valence-corrected chi connectivity index (χ1v) is 7.16. The van der Waals surface area contributed by atoms with E-state index >= 15 is 0 Å². The van der Waals surface area contributed by atoms with Crippen molar-refractivity contribution in [1.82, 2.24) is 14.9 Å². The lowest BCUT2D eigenvalue weighted by Gasteiger charge is -2.31. The third-order valence-corrected chi connectivity index (χ3v) is 3.94. The molecular formula is C16H16FN5O. The third kappa shape index (κ3) is 2.65. The molecule has 1 aliphatic heterocycles. The van der Waals surface area contributed by atoms with Crippen LogP contribution in [0.25, 0.3) is 11.3 Å². The number of amides is 1. The second-order valence-corrected chi connectivity index (χ2v) is 5.42. The second kappa shape index (κ2) is 5.75. The number of carbonyl (C=O) groups is 1. The Morgan fingerprint density at radius 3 is 2.78 bits per heavy atom. The summed E-state index contributed by atoms with van der Waals surface area (Å²) in [6, 6.07) is 6.38. The highest BCUT2D eigenvalue weighted by atomic mass is 19.1. The average molecular weight is 313 g/mol. The minimum absolute atomic E-state index is 0.145. The highest BCUT2D eigenvalue weighted by molar-refractivity contribution is 6.01. The monoisotopic (exact) mass is 313 g/mol. The smallest absolute Gasteiger partial charge is 0.238 e. The van der Waals surface area contributed by atoms with Crippen molar-refractivity contribution in [3.05, 3.63) is 48.2 Å². The Morgan fingerprint density at radius 1 is 1.26 bits per heavy atom. The van der Waals surface area contributed by atoms with E-state index in [1.54, 1.807) is 37.5 Å². The summed E-state index contributed by atoms with van der Waals surface area (Å²) in [7, 11) is 1.59. The van der Waals surface area contributed by atoms with Gasteiger partial charge < -0.3 is 5.73 Å². The molecule has 2 N–H and O–H groups in total. The average Bonchev–Trinajstić information content (AvgIpc) is 2.53. The molecule has 7 heteroatoms. The van der Waals surface area contributed by atoms with Crippen LogP contribution in [0.1, 0.15) is 18.4 Å². The van der Waals surface area contributed by atoms with E-state index < -0.39 is 11.9 Å². The van der Waals surface area contributed by atoms with Crippen LogP contribution in [0.4, 0.5) is 4.39 Å². The predicted molar refractivity (Wildman–Crippen MR) is 84.0 cm³/mol. The van der Waals surface area contributed by atoms with Gasteiger partial charge in [0, 0.05) is 19.4 Å². The molecule has 23 heavy (non-hydrogen) atoms. The van der Waals surface area contributed by atoms with Crippen molar-refractivity contribution >= 4 is 11.9 Å². The molecule has 6 nitrogen and oxygen atoms in total. The summed E-state index contributed by atoms with van der Waals surface area (Å²) in [6.45, 7) is 1.83. The Balaban J connectivity index is 2.04. The van der Waals surface area contributed by atoms with E-state index in [2.05, 4.69) is 15.0 Å². The number of guanidine groups is 1. The van der Waals surface area contributed by atoms with Gasteiger partial charge in [0.15, 0.2) is 5.96 Å². The number of nitrogens with two attached hydrogens (primary N) is 1. The topological polar surface area (TPSA) is 84.5 Å². The van der Waals surface area contributed by atoms with Crippen molar-refractivity contribution in [1.29, 1.82) is 0 Å². The lowest BCUT2D eigenvalue weighted by molar-refractivity contribution is -0.129. The van der Waals surface area contributed by atoms with Crippen LogP contribution >= 0.6 is 0 Å². The zero-order chi connectivity index (χ0) is 16.6. The Kier molecular flexibility index (Phi) is 3.77. The van der Waals surface area contributed by atoms with E-state index in [0.717, 1.165) is 5.56 Å². The summed E-state index contributed by atoms with van der Waals surface area (Å²) in [6.07, 6.45) is 2.93. The van der Waals surface area contributed by atoms with Crippen LogP contribution in [-0.2, 0) is 4.79 Å². The lowest BCUT2D eigenvalue weighted by atomic mass is 9.90. The highest BCUT2D eigenvalue weighted by Crippen LogP contribution is 2.29. The zero-order valence-electron chi connectivity index (χ0n) is 12.8. The molecule has 2 aromatic rings. The van der Waals surface area contributed by atoms with E-state index in [9.17, 15) is 9.18 Å². The Morgan fingerprint density at radius 2 is 2.04 bits per heavy atom. The normalized spacial score (nSPS) is 21.3. The molecule has 118 valence electrons. The zero-order valence-corrected chi connectivity index (χ0v) is 12.8. The fourth-order valence-corrected chi connectivity index (χ4v) is 2.68. The summed E-state index contributed by atoms with van der Waals surface area (Å²) in [4.78, 5) is 25.9. The minimum atomic E-state index is -0.598. The van der Waals surface area contributed by atoms with Crippen molar-refractivity contribution in [2.75, 3.05) is 7.05 Å². The van der Waals surface area contributed by atoms with E-state index in [1.165, 1.54) is 11.1 Å². The second-order valence-electron chi connectivity index (χ2n) is 5.42. The number of rotatable bonds is 2. The molecule has 2 atom stereocenters. The maximum atomic E-state index is 13.9. The number of aliphatic imine (C=N–C) groups is 1. The van der Waals surface area contributed by atoms with Crippen LogP contribution in [0.15, 0.2) is 41.7 Å². The third-order valence-electron chi connectivity index (χ3n) is 3.94. The standard InChI is InChI=1S/C16H16FN5O/c1-9-13(15(23)22(2)16(18)21-9)10-5-7-19-12(8-10)11-4-3-6-20-14(11)17/h3-9,13H,1-2H3,(H2,18,21)/t9-,13?/m0/s1. The van der Waals surface area contributed by atoms with Gasteiger partial charge in [-0.15, -0.1) is 0 Å². The molecule has 0 saturated carbocycles. The number of nitrogens with zero attached hydrogens (tertiary/aromatic N) is 4. The number of hydrogen-bond acceptors (Lipinski definition) is 5. The summed E-state index contributed by atoms with van der Waals surface area (Å²) in [5.41, 5.74) is 7.17. The highest BCUT2D eigenvalue weighted by Gasteiger charge is 2.35. The van der Waals surface area contributed by atoms with Crippen molar-refractivity contribution in [3.8, 4) is 11.3 Å². The van der Waals surface area contributed by atoms with Crippen LogP contribution in [0.2, 0.25) is 0 Å². The van der Waals surface area contributed by atoms with E-state index in [4.69, 9.17) is 5.73 Å². The number of halogens is 1. The molecule has 1 amide bonds. The van der Waals surface area contributed by atoms with Gasteiger partial charge in [0.2, 0.25) is 11.9 Å². The first kappa shape index (κ1) is 15.1. The van der Waals surface area contributed by atoms with Crippen LogP contribution in [0.5, 0.6) is 0 Å². The maximum absolute atomic E-state index is 13.9. The van der Waals surface area contributed by atoms with Gasteiger partial charge in [-0.2, -0.15) is 4.39 Å². The first-order chi connectivity index (χ1) is 11.0. The Hall–Kier alpha value is -2.83. The molecule has 3 heterocycles. The summed E-state index contributed by atoms with van der Waals surface area (Å²) in [5.74, 6) is -1.02. The number of likely N-dealkylation sites (N-methyl/N-ethyl adjacent to an activating group) is 1. The van der Waals surface area contributed by atoms with E-state index in [-0.39, 0.29) is 17.9 Å². The predicted octanol–water partition coefficient (Wildman–Crippen LogP) is 1.54. The molecule has 0 spiro atoms. The van der Waals surface area contributed by atoms with Gasteiger partial charge in [-0.25, -0.2) is 9.98 Å². The summed E-state index contributed by atoms with van der Waals surface area (Å²) >= 11 is 0. The fourth-order valence-electron chi connectivity index (χ4n) is 2.68. The van der Waals surface area contributed by atoms with Crippen LogP contribution in [-0.4, -0.2) is 39.8 Å². The molecule has 0 fully saturated rings. The molecule has 1 unspecified atom stereocenters. The first-order valence-electron chi connectivity index (χ1n) is 7.16. The number of aromatic nitrogens is 2. The fraction of sp³-hybridized carbons (Fsp3) is 0.250.